The highest BCUT2D eigenvalue weighted by molar-refractivity contribution is 4.84. The Hall–Kier alpha value is -0.120. The van der Waals surface area contributed by atoms with E-state index in [0.29, 0.717) is 6.04 Å². The van der Waals surface area contributed by atoms with Crippen molar-refractivity contribution in [1.82, 2.24) is 10.2 Å². The molecule has 92 valence electrons. The normalized spacial score (nSPS) is 16.0. The van der Waals surface area contributed by atoms with E-state index in [4.69, 9.17) is 0 Å². The van der Waals surface area contributed by atoms with Crippen LogP contribution in [-0.2, 0) is 0 Å². The van der Waals surface area contributed by atoms with Crippen molar-refractivity contribution < 1.29 is 5.11 Å². The Morgan fingerprint density at radius 3 is 2.13 bits per heavy atom. The van der Waals surface area contributed by atoms with E-state index < -0.39 is 0 Å². The molecule has 1 unspecified atom stereocenters. The lowest BCUT2D eigenvalue weighted by Gasteiger charge is -2.33. The monoisotopic (exact) mass is 216 g/mol. The lowest BCUT2D eigenvalue weighted by atomic mass is 9.97. The second kappa shape index (κ2) is 7.20. The Bertz CT molecular complexity index is 158. The van der Waals surface area contributed by atoms with Crippen LogP contribution in [-0.4, -0.2) is 47.8 Å². The lowest BCUT2D eigenvalue weighted by molar-refractivity contribution is 0.140. The van der Waals surface area contributed by atoms with Crippen molar-refractivity contribution >= 4 is 0 Å². The zero-order valence-electron chi connectivity index (χ0n) is 11.0. The summed E-state index contributed by atoms with van der Waals surface area (Å²) in [5.41, 5.74) is -0.142. The van der Waals surface area contributed by atoms with E-state index in [1.54, 1.807) is 0 Å². The fourth-order valence-electron chi connectivity index (χ4n) is 1.84. The first kappa shape index (κ1) is 14.9. The summed E-state index contributed by atoms with van der Waals surface area (Å²) >= 11 is 0. The third-order valence-electron chi connectivity index (χ3n) is 2.86. The molecule has 0 saturated heterocycles. The largest absolute Gasteiger partial charge is 0.394 e. The molecule has 0 fully saturated rings. The molecule has 0 amide bonds. The molecule has 2 N–H and O–H groups in total. The van der Waals surface area contributed by atoms with Crippen molar-refractivity contribution in [3.8, 4) is 0 Å². The molecule has 3 nitrogen and oxygen atoms in total. The Morgan fingerprint density at radius 2 is 1.80 bits per heavy atom. The van der Waals surface area contributed by atoms with Gasteiger partial charge in [0, 0.05) is 11.6 Å². The molecule has 0 aliphatic heterocycles. The molecule has 15 heavy (non-hydrogen) atoms. The van der Waals surface area contributed by atoms with Gasteiger partial charge in [-0.05, 0) is 33.0 Å². The summed E-state index contributed by atoms with van der Waals surface area (Å²) in [7, 11) is 0. The van der Waals surface area contributed by atoms with Gasteiger partial charge in [-0.3, -0.25) is 0 Å². The van der Waals surface area contributed by atoms with Gasteiger partial charge in [0.25, 0.3) is 0 Å². The first-order valence-corrected chi connectivity index (χ1v) is 6.08. The van der Waals surface area contributed by atoms with E-state index in [2.05, 4.69) is 44.8 Å². The van der Waals surface area contributed by atoms with Crippen molar-refractivity contribution in [3.63, 3.8) is 0 Å². The van der Waals surface area contributed by atoms with E-state index in [1.165, 1.54) is 0 Å². The Labute approximate surface area is 94.9 Å². The topological polar surface area (TPSA) is 35.5 Å². The van der Waals surface area contributed by atoms with Gasteiger partial charge in [0.1, 0.15) is 0 Å². The van der Waals surface area contributed by atoms with E-state index in [1.807, 2.05) is 0 Å². The van der Waals surface area contributed by atoms with Gasteiger partial charge in [-0.2, -0.15) is 0 Å². The van der Waals surface area contributed by atoms with E-state index in [9.17, 15) is 5.11 Å². The van der Waals surface area contributed by atoms with Crippen LogP contribution in [0.1, 0.15) is 41.0 Å². The maximum atomic E-state index is 9.41. The summed E-state index contributed by atoms with van der Waals surface area (Å²) in [5.74, 6) is 0. The number of hydrogen-bond donors (Lipinski definition) is 2. The maximum absolute atomic E-state index is 9.41. The zero-order chi connectivity index (χ0) is 11.9. The van der Waals surface area contributed by atoms with Gasteiger partial charge in [-0.1, -0.05) is 27.7 Å². The van der Waals surface area contributed by atoms with Crippen molar-refractivity contribution in [1.29, 1.82) is 0 Å². The minimum Gasteiger partial charge on any atom is -0.394 e. The third-order valence-corrected chi connectivity index (χ3v) is 2.86. The van der Waals surface area contributed by atoms with Crippen LogP contribution in [0.2, 0.25) is 0 Å². The van der Waals surface area contributed by atoms with E-state index in [0.717, 1.165) is 26.1 Å². The number of hydrogen-bond acceptors (Lipinski definition) is 3. The van der Waals surface area contributed by atoms with Crippen LogP contribution in [0.5, 0.6) is 0 Å². The van der Waals surface area contributed by atoms with Crippen molar-refractivity contribution in [2.75, 3.05) is 26.2 Å². The molecule has 0 rings (SSSR count). The summed E-state index contributed by atoms with van der Waals surface area (Å²) in [5, 5.41) is 12.8. The van der Waals surface area contributed by atoms with Gasteiger partial charge in [0.15, 0.2) is 0 Å². The van der Waals surface area contributed by atoms with Crippen molar-refractivity contribution in [2.45, 2.75) is 52.6 Å². The molecule has 0 aromatic rings. The van der Waals surface area contributed by atoms with Crippen molar-refractivity contribution in [3.05, 3.63) is 0 Å². The van der Waals surface area contributed by atoms with Crippen LogP contribution < -0.4 is 5.32 Å². The number of nitrogens with zero attached hydrogens (tertiary/aromatic N) is 1. The Kier molecular flexibility index (Phi) is 7.14. The van der Waals surface area contributed by atoms with Gasteiger partial charge >= 0.3 is 0 Å². The zero-order valence-corrected chi connectivity index (χ0v) is 11.0. The number of rotatable bonds is 8. The number of nitrogens with one attached hydrogen (secondary N) is 1. The van der Waals surface area contributed by atoms with E-state index >= 15 is 0 Å². The Morgan fingerprint density at radius 1 is 1.27 bits per heavy atom. The maximum Gasteiger partial charge on any atom is 0.0611 e. The smallest absolute Gasteiger partial charge is 0.0611 e. The summed E-state index contributed by atoms with van der Waals surface area (Å²) in [6, 6.07) is 0.416. The molecule has 0 spiro atoms. The summed E-state index contributed by atoms with van der Waals surface area (Å²) < 4.78 is 0. The van der Waals surface area contributed by atoms with Crippen LogP contribution in [0.25, 0.3) is 0 Å². The SMILES string of the molecule is CCN(CC)CCC(C)(CO)NC(C)C. The lowest BCUT2D eigenvalue weighted by Crippen LogP contribution is -2.50. The predicted molar refractivity (Wildman–Crippen MR) is 66.2 cm³/mol. The predicted octanol–water partition coefficient (Wildman–Crippen LogP) is 1.47. The average Bonchev–Trinajstić information content (AvgIpc) is 2.18. The average molecular weight is 216 g/mol. The summed E-state index contributed by atoms with van der Waals surface area (Å²) in [4.78, 5) is 2.38. The molecule has 3 heteroatoms. The van der Waals surface area contributed by atoms with Crippen LogP contribution in [0.15, 0.2) is 0 Å². The fraction of sp³-hybridized carbons (Fsp3) is 1.00. The Balaban J connectivity index is 4.07. The molecule has 0 heterocycles. The molecule has 0 aliphatic carbocycles. The number of aliphatic hydroxyl groups excluding tert-OH is 1. The number of aliphatic hydroxyl groups is 1. The second-order valence-electron chi connectivity index (χ2n) is 4.79. The third kappa shape index (κ3) is 6.13. The first-order valence-electron chi connectivity index (χ1n) is 6.08. The van der Waals surface area contributed by atoms with Gasteiger partial charge in [-0.25, -0.2) is 0 Å². The highest BCUT2D eigenvalue weighted by atomic mass is 16.3. The van der Waals surface area contributed by atoms with Crippen LogP contribution in [0, 0.1) is 0 Å². The molecule has 1 atom stereocenters. The highest BCUT2D eigenvalue weighted by Crippen LogP contribution is 2.11. The summed E-state index contributed by atoms with van der Waals surface area (Å²) in [6.45, 7) is 14.1. The molecule has 0 aliphatic rings. The van der Waals surface area contributed by atoms with Crippen LogP contribution in [0.3, 0.4) is 0 Å². The van der Waals surface area contributed by atoms with Gasteiger partial charge < -0.3 is 15.3 Å². The van der Waals surface area contributed by atoms with Crippen molar-refractivity contribution in [2.24, 2.45) is 0 Å². The molecular weight excluding hydrogens is 188 g/mol. The minimum atomic E-state index is -0.142. The first-order chi connectivity index (χ1) is 6.97. The standard InChI is InChI=1S/C12H28N2O/c1-6-14(7-2)9-8-12(5,10-15)13-11(3)4/h11,13,15H,6-10H2,1-5H3. The molecule has 0 aromatic carbocycles. The van der Waals surface area contributed by atoms with Gasteiger partial charge in [-0.15, -0.1) is 0 Å². The van der Waals surface area contributed by atoms with Gasteiger partial charge in [0.05, 0.1) is 6.61 Å². The van der Waals surface area contributed by atoms with Crippen LogP contribution in [0.4, 0.5) is 0 Å². The fourth-order valence-corrected chi connectivity index (χ4v) is 1.84. The van der Waals surface area contributed by atoms with Gasteiger partial charge in [0.2, 0.25) is 0 Å². The van der Waals surface area contributed by atoms with Crippen LogP contribution >= 0.6 is 0 Å². The molecule has 0 radical (unpaired) electrons. The summed E-state index contributed by atoms with van der Waals surface area (Å²) in [6.07, 6.45) is 0.989. The second-order valence-corrected chi connectivity index (χ2v) is 4.79. The molecule has 0 bridgehead atoms. The molecular formula is C12H28N2O. The van der Waals surface area contributed by atoms with E-state index in [-0.39, 0.29) is 12.1 Å². The molecule has 0 aromatic heterocycles. The molecule has 0 saturated carbocycles. The highest BCUT2D eigenvalue weighted by Gasteiger charge is 2.23. The minimum absolute atomic E-state index is 0.142. The quantitative estimate of drug-likeness (QED) is 0.645.